The molecular weight excluding hydrogens is 232 g/mol. The molecule has 1 rings (SSSR count). The number of nitrogens with two attached hydrogens (primary N) is 1. The SMILES string of the molecule is CCC(CN)(Cc1ncnn1CC(C)C)C(=O)O. The van der Waals surface area contributed by atoms with Crippen LogP contribution in [0.1, 0.15) is 33.0 Å². The molecule has 0 aliphatic rings. The molecule has 1 aromatic rings. The van der Waals surface area contributed by atoms with E-state index in [9.17, 15) is 9.90 Å². The first-order valence-corrected chi connectivity index (χ1v) is 6.25. The number of carboxylic acid groups (broad SMARTS) is 1. The van der Waals surface area contributed by atoms with Crippen molar-refractivity contribution in [2.24, 2.45) is 17.1 Å². The highest BCUT2D eigenvalue weighted by molar-refractivity contribution is 5.75. The van der Waals surface area contributed by atoms with E-state index in [4.69, 9.17) is 5.73 Å². The lowest BCUT2D eigenvalue weighted by Gasteiger charge is -2.26. The van der Waals surface area contributed by atoms with Crippen LogP contribution in [0.25, 0.3) is 0 Å². The van der Waals surface area contributed by atoms with Crippen molar-refractivity contribution in [3.63, 3.8) is 0 Å². The lowest BCUT2D eigenvalue weighted by molar-refractivity contribution is -0.148. The van der Waals surface area contributed by atoms with Crippen LogP contribution >= 0.6 is 0 Å². The van der Waals surface area contributed by atoms with Gasteiger partial charge in [-0.1, -0.05) is 20.8 Å². The van der Waals surface area contributed by atoms with Gasteiger partial charge in [0.1, 0.15) is 12.2 Å². The zero-order chi connectivity index (χ0) is 13.8. The van der Waals surface area contributed by atoms with Gasteiger partial charge in [0.05, 0.1) is 5.41 Å². The number of carbonyl (C=O) groups is 1. The number of aromatic nitrogens is 3. The van der Waals surface area contributed by atoms with Crippen molar-refractivity contribution >= 4 is 5.97 Å². The van der Waals surface area contributed by atoms with Gasteiger partial charge in [-0.15, -0.1) is 0 Å². The Bertz CT molecular complexity index is 397. The van der Waals surface area contributed by atoms with E-state index in [0.29, 0.717) is 24.6 Å². The largest absolute Gasteiger partial charge is 0.481 e. The van der Waals surface area contributed by atoms with Gasteiger partial charge in [0.2, 0.25) is 0 Å². The van der Waals surface area contributed by atoms with Gasteiger partial charge in [-0.25, -0.2) is 9.67 Å². The molecule has 1 aromatic heterocycles. The highest BCUT2D eigenvalue weighted by atomic mass is 16.4. The molecule has 0 aliphatic heterocycles. The number of hydrogen-bond donors (Lipinski definition) is 2. The topological polar surface area (TPSA) is 94.0 Å². The molecule has 0 saturated heterocycles. The van der Waals surface area contributed by atoms with Crippen molar-refractivity contribution in [3.05, 3.63) is 12.2 Å². The lowest BCUT2D eigenvalue weighted by Crippen LogP contribution is -2.41. The number of rotatable bonds is 7. The van der Waals surface area contributed by atoms with E-state index in [2.05, 4.69) is 23.9 Å². The minimum Gasteiger partial charge on any atom is -0.481 e. The minimum absolute atomic E-state index is 0.105. The molecule has 3 N–H and O–H groups in total. The Morgan fingerprint density at radius 2 is 2.28 bits per heavy atom. The van der Waals surface area contributed by atoms with Crippen molar-refractivity contribution in [2.75, 3.05) is 6.54 Å². The average molecular weight is 254 g/mol. The molecule has 18 heavy (non-hydrogen) atoms. The molecule has 102 valence electrons. The summed E-state index contributed by atoms with van der Waals surface area (Å²) >= 11 is 0. The van der Waals surface area contributed by atoms with Crippen molar-refractivity contribution in [1.82, 2.24) is 14.8 Å². The molecule has 0 fully saturated rings. The van der Waals surface area contributed by atoms with Gasteiger partial charge in [0.25, 0.3) is 0 Å². The molecule has 1 heterocycles. The third kappa shape index (κ3) is 3.07. The summed E-state index contributed by atoms with van der Waals surface area (Å²) in [6, 6.07) is 0. The van der Waals surface area contributed by atoms with Crippen LogP contribution in [-0.4, -0.2) is 32.4 Å². The second kappa shape index (κ2) is 5.95. The van der Waals surface area contributed by atoms with E-state index in [1.807, 2.05) is 6.92 Å². The summed E-state index contributed by atoms with van der Waals surface area (Å²) in [5.41, 5.74) is 4.71. The molecule has 0 amide bonds. The fraction of sp³-hybridized carbons (Fsp3) is 0.750. The maximum atomic E-state index is 11.4. The fourth-order valence-corrected chi connectivity index (χ4v) is 1.88. The molecule has 1 unspecified atom stereocenters. The standard InChI is InChI=1S/C12H22N4O2/c1-4-12(7-13,11(17)18)5-10-14-8-15-16(10)6-9(2)3/h8-9H,4-7,13H2,1-3H3,(H,17,18). The van der Waals surface area contributed by atoms with E-state index < -0.39 is 11.4 Å². The van der Waals surface area contributed by atoms with Crippen molar-refractivity contribution in [1.29, 1.82) is 0 Å². The number of aliphatic carboxylic acids is 1. The van der Waals surface area contributed by atoms with Gasteiger partial charge in [0, 0.05) is 19.5 Å². The van der Waals surface area contributed by atoms with Crippen LogP contribution in [0.4, 0.5) is 0 Å². The Kier molecular flexibility index (Phi) is 4.84. The maximum absolute atomic E-state index is 11.4. The van der Waals surface area contributed by atoms with Crippen molar-refractivity contribution in [2.45, 2.75) is 40.2 Å². The lowest BCUT2D eigenvalue weighted by atomic mass is 9.81. The fourth-order valence-electron chi connectivity index (χ4n) is 1.88. The summed E-state index contributed by atoms with van der Waals surface area (Å²) in [4.78, 5) is 15.6. The minimum atomic E-state index is -0.943. The van der Waals surface area contributed by atoms with Crippen molar-refractivity contribution in [3.8, 4) is 0 Å². The molecule has 0 aliphatic carbocycles. The van der Waals surface area contributed by atoms with Crippen molar-refractivity contribution < 1.29 is 9.90 Å². The van der Waals surface area contributed by atoms with Gasteiger partial charge in [-0.05, 0) is 12.3 Å². The smallest absolute Gasteiger partial charge is 0.311 e. The summed E-state index contributed by atoms with van der Waals surface area (Å²) < 4.78 is 1.77. The molecule has 6 heteroatoms. The average Bonchev–Trinajstić information content (AvgIpc) is 2.72. The van der Waals surface area contributed by atoms with E-state index in [1.54, 1.807) is 4.68 Å². The molecule has 0 spiro atoms. The van der Waals surface area contributed by atoms with Gasteiger partial charge in [0.15, 0.2) is 0 Å². The summed E-state index contributed by atoms with van der Waals surface area (Å²) in [5, 5.41) is 13.5. The summed E-state index contributed by atoms with van der Waals surface area (Å²) in [6.45, 7) is 6.84. The van der Waals surface area contributed by atoms with Crippen LogP contribution in [0.15, 0.2) is 6.33 Å². The zero-order valence-electron chi connectivity index (χ0n) is 11.3. The maximum Gasteiger partial charge on any atom is 0.311 e. The van der Waals surface area contributed by atoms with Crippen LogP contribution in [-0.2, 0) is 17.8 Å². The van der Waals surface area contributed by atoms with Gasteiger partial charge in [-0.3, -0.25) is 4.79 Å². The first kappa shape index (κ1) is 14.6. The van der Waals surface area contributed by atoms with Crippen LogP contribution in [0.3, 0.4) is 0 Å². The normalized spacial score (nSPS) is 14.7. The number of hydrogen-bond acceptors (Lipinski definition) is 4. The summed E-state index contributed by atoms with van der Waals surface area (Å²) in [6.07, 6.45) is 2.27. The first-order chi connectivity index (χ1) is 8.45. The highest BCUT2D eigenvalue weighted by Crippen LogP contribution is 2.25. The Labute approximate surface area is 107 Å². The third-order valence-electron chi connectivity index (χ3n) is 3.25. The van der Waals surface area contributed by atoms with E-state index in [1.165, 1.54) is 6.33 Å². The van der Waals surface area contributed by atoms with Gasteiger partial charge < -0.3 is 10.8 Å². The predicted molar refractivity (Wildman–Crippen MR) is 68.0 cm³/mol. The molecule has 0 saturated carbocycles. The van der Waals surface area contributed by atoms with E-state index in [0.717, 1.165) is 6.54 Å². The van der Waals surface area contributed by atoms with Crippen LogP contribution in [0, 0.1) is 11.3 Å². The predicted octanol–water partition coefficient (Wildman–Crippen LogP) is 0.916. The van der Waals surface area contributed by atoms with Crippen LogP contribution in [0.2, 0.25) is 0 Å². The van der Waals surface area contributed by atoms with Crippen LogP contribution in [0.5, 0.6) is 0 Å². The second-order valence-electron chi connectivity index (χ2n) is 5.07. The molecule has 0 bridgehead atoms. The highest BCUT2D eigenvalue weighted by Gasteiger charge is 2.37. The summed E-state index contributed by atoms with van der Waals surface area (Å²) in [7, 11) is 0. The quantitative estimate of drug-likeness (QED) is 0.754. The van der Waals surface area contributed by atoms with E-state index in [-0.39, 0.29) is 6.54 Å². The van der Waals surface area contributed by atoms with Gasteiger partial charge >= 0.3 is 5.97 Å². The molecule has 0 aromatic carbocycles. The molecule has 0 radical (unpaired) electrons. The van der Waals surface area contributed by atoms with E-state index >= 15 is 0 Å². The number of carboxylic acids is 1. The molecular formula is C12H22N4O2. The monoisotopic (exact) mass is 254 g/mol. The van der Waals surface area contributed by atoms with Crippen LogP contribution < -0.4 is 5.73 Å². The molecule has 6 nitrogen and oxygen atoms in total. The second-order valence-corrected chi connectivity index (χ2v) is 5.07. The summed E-state index contributed by atoms with van der Waals surface area (Å²) in [5.74, 6) is 0.258. The Balaban J connectivity index is 2.94. The Morgan fingerprint density at radius 3 is 2.72 bits per heavy atom. The Hall–Kier alpha value is -1.43. The number of nitrogens with zero attached hydrogens (tertiary/aromatic N) is 3. The van der Waals surface area contributed by atoms with Gasteiger partial charge in [-0.2, -0.15) is 5.10 Å². The first-order valence-electron chi connectivity index (χ1n) is 6.25. The third-order valence-corrected chi connectivity index (χ3v) is 3.25. The Morgan fingerprint density at radius 1 is 1.61 bits per heavy atom. The zero-order valence-corrected chi connectivity index (χ0v) is 11.3. The molecule has 1 atom stereocenters.